The zero-order valence-corrected chi connectivity index (χ0v) is 19.3. The largest absolute Gasteiger partial charge is 0.195 e. The predicted octanol–water partition coefficient (Wildman–Crippen LogP) is 8.38. The Morgan fingerprint density at radius 3 is 2.00 bits per heavy atom. The molecule has 3 aliphatic carbocycles. The number of thiocarbonyl (C=S) groups is 1. The Kier molecular flexibility index (Phi) is 6.86. The van der Waals surface area contributed by atoms with Crippen LogP contribution < -0.4 is 0 Å². The number of hydrogen-bond donors (Lipinski definition) is 0. The van der Waals surface area contributed by atoms with Gasteiger partial charge in [-0.05, 0) is 116 Å². The maximum absolute atomic E-state index is 4.69. The molecule has 30 heavy (non-hydrogen) atoms. The van der Waals surface area contributed by atoms with Gasteiger partial charge in [0, 0.05) is 0 Å². The second-order valence-electron chi connectivity index (χ2n) is 9.80. The van der Waals surface area contributed by atoms with Crippen LogP contribution in [-0.2, 0) is 18.3 Å². The molecule has 0 unspecified atom stereocenters. The SMILES string of the molecule is CCCCCc1ccc(C23CCC(CCc4ccc(N=C=S)cc4)(CC2)CC3)cc1. The molecule has 3 fully saturated rings. The van der Waals surface area contributed by atoms with Gasteiger partial charge in [0.2, 0.25) is 0 Å². The number of aliphatic imine (C=N–C) groups is 1. The van der Waals surface area contributed by atoms with Crippen LogP contribution in [0, 0.1) is 5.41 Å². The van der Waals surface area contributed by atoms with Gasteiger partial charge in [0.15, 0.2) is 0 Å². The minimum Gasteiger partial charge on any atom is -0.195 e. The smallest absolute Gasteiger partial charge is 0.0739 e. The van der Waals surface area contributed by atoms with Gasteiger partial charge in [-0.15, -0.1) is 0 Å². The van der Waals surface area contributed by atoms with Crippen LogP contribution >= 0.6 is 12.2 Å². The van der Waals surface area contributed by atoms with Crippen molar-refractivity contribution in [1.82, 2.24) is 0 Å². The van der Waals surface area contributed by atoms with E-state index in [1.54, 1.807) is 5.56 Å². The number of fused-ring (bicyclic) bond motifs is 3. The minimum atomic E-state index is 0.462. The van der Waals surface area contributed by atoms with Crippen molar-refractivity contribution in [2.24, 2.45) is 10.4 Å². The first kappa shape index (κ1) is 21.5. The van der Waals surface area contributed by atoms with Gasteiger partial charge in [0.25, 0.3) is 0 Å². The Hall–Kier alpha value is -1.76. The molecule has 0 N–H and O–H groups in total. The summed E-state index contributed by atoms with van der Waals surface area (Å²) < 4.78 is 0. The third-order valence-corrected chi connectivity index (χ3v) is 8.18. The van der Waals surface area contributed by atoms with Crippen molar-refractivity contribution in [2.45, 2.75) is 89.4 Å². The third kappa shape index (κ3) is 4.76. The summed E-state index contributed by atoms with van der Waals surface area (Å²) in [5, 5.41) is 2.45. The normalized spacial score (nSPS) is 25.1. The van der Waals surface area contributed by atoms with E-state index in [1.165, 1.54) is 88.2 Å². The van der Waals surface area contributed by atoms with Crippen LogP contribution in [0.1, 0.15) is 87.8 Å². The predicted molar refractivity (Wildman–Crippen MR) is 131 cm³/mol. The Morgan fingerprint density at radius 2 is 1.40 bits per heavy atom. The molecule has 0 radical (unpaired) electrons. The molecule has 3 aliphatic rings. The van der Waals surface area contributed by atoms with Crippen molar-refractivity contribution in [3.63, 3.8) is 0 Å². The molecule has 0 heterocycles. The average Bonchev–Trinajstić information content (AvgIpc) is 2.81. The number of rotatable bonds is 9. The molecular formula is C28H35NS. The molecule has 2 heteroatoms. The Bertz CT molecular complexity index is 849. The van der Waals surface area contributed by atoms with Crippen LogP contribution in [0.15, 0.2) is 53.5 Å². The number of aryl methyl sites for hydroxylation is 2. The molecule has 0 atom stereocenters. The molecule has 1 nitrogen and oxygen atoms in total. The lowest BCUT2D eigenvalue weighted by Gasteiger charge is -2.54. The zero-order chi connectivity index (χ0) is 20.9. The highest BCUT2D eigenvalue weighted by molar-refractivity contribution is 7.78. The molecule has 2 aromatic carbocycles. The van der Waals surface area contributed by atoms with E-state index in [0.717, 1.165) is 5.69 Å². The summed E-state index contributed by atoms with van der Waals surface area (Å²) in [6.07, 6.45) is 16.1. The number of unbranched alkanes of at least 4 members (excludes halogenated alkanes) is 2. The summed E-state index contributed by atoms with van der Waals surface area (Å²) in [4.78, 5) is 4.06. The lowest BCUT2D eigenvalue weighted by atomic mass is 9.51. The summed E-state index contributed by atoms with van der Waals surface area (Å²) in [5.74, 6) is 0. The van der Waals surface area contributed by atoms with Gasteiger partial charge in [0.1, 0.15) is 0 Å². The first-order chi connectivity index (χ1) is 14.7. The second-order valence-corrected chi connectivity index (χ2v) is 9.99. The number of isothiocyanates is 1. The Labute approximate surface area is 188 Å². The number of hydrogen-bond acceptors (Lipinski definition) is 2. The highest BCUT2D eigenvalue weighted by Gasteiger charge is 2.48. The number of nitrogens with zero attached hydrogens (tertiary/aromatic N) is 1. The third-order valence-electron chi connectivity index (χ3n) is 8.09. The lowest BCUT2D eigenvalue weighted by Crippen LogP contribution is -2.44. The van der Waals surface area contributed by atoms with E-state index in [0.29, 0.717) is 10.8 Å². The molecule has 2 aromatic rings. The molecular weight excluding hydrogens is 382 g/mol. The van der Waals surface area contributed by atoms with E-state index in [4.69, 9.17) is 12.2 Å². The van der Waals surface area contributed by atoms with Gasteiger partial charge in [-0.2, -0.15) is 4.99 Å². The van der Waals surface area contributed by atoms with E-state index in [9.17, 15) is 0 Å². The monoisotopic (exact) mass is 417 g/mol. The van der Waals surface area contributed by atoms with Crippen LogP contribution in [-0.4, -0.2) is 5.16 Å². The highest BCUT2D eigenvalue weighted by atomic mass is 32.1. The Balaban J connectivity index is 1.33. The zero-order valence-electron chi connectivity index (χ0n) is 18.5. The maximum atomic E-state index is 4.69. The van der Waals surface area contributed by atoms with Gasteiger partial charge in [-0.3, -0.25) is 0 Å². The fourth-order valence-corrected chi connectivity index (χ4v) is 5.98. The van der Waals surface area contributed by atoms with Crippen molar-refractivity contribution < 1.29 is 0 Å². The standard InChI is InChI=1S/C28H35NS/c1-2-3-4-5-23-6-10-25(11-7-23)28-19-16-27(17-20-28,18-21-28)15-14-24-8-12-26(13-9-24)29-22-30/h6-13H,2-5,14-21H2,1H3. The van der Waals surface area contributed by atoms with Gasteiger partial charge in [0.05, 0.1) is 10.8 Å². The first-order valence-corrected chi connectivity index (χ1v) is 12.3. The summed E-state index contributed by atoms with van der Waals surface area (Å²) >= 11 is 4.69. The van der Waals surface area contributed by atoms with Gasteiger partial charge >= 0.3 is 0 Å². The van der Waals surface area contributed by atoms with Crippen LogP contribution in [0.5, 0.6) is 0 Å². The first-order valence-electron chi connectivity index (χ1n) is 11.9. The summed E-state index contributed by atoms with van der Waals surface area (Å²) in [6.45, 7) is 2.28. The second kappa shape index (κ2) is 9.58. The molecule has 0 aliphatic heterocycles. The van der Waals surface area contributed by atoms with Crippen LogP contribution in [0.4, 0.5) is 5.69 Å². The van der Waals surface area contributed by atoms with E-state index >= 15 is 0 Å². The molecule has 0 saturated heterocycles. The van der Waals surface area contributed by atoms with E-state index in [2.05, 4.69) is 65.6 Å². The van der Waals surface area contributed by atoms with Crippen molar-refractivity contribution in [1.29, 1.82) is 0 Å². The maximum Gasteiger partial charge on any atom is 0.0739 e. The molecule has 2 bridgehead atoms. The van der Waals surface area contributed by atoms with Gasteiger partial charge in [-0.25, -0.2) is 0 Å². The summed E-state index contributed by atoms with van der Waals surface area (Å²) in [6, 6.07) is 18.3. The van der Waals surface area contributed by atoms with Crippen molar-refractivity contribution >= 4 is 23.1 Å². The van der Waals surface area contributed by atoms with Crippen molar-refractivity contribution in [2.75, 3.05) is 0 Å². The molecule has 0 amide bonds. The fraction of sp³-hybridized carbons (Fsp3) is 0.536. The summed E-state index contributed by atoms with van der Waals surface area (Å²) in [5.41, 5.74) is 6.51. The van der Waals surface area contributed by atoms with E-state index < -0.39 is 0 Å². The van der Waals surface area contributed by atoms with Gasteiger partial charge < -0.3 is 0 Å². The molecule has 158 valence electrons. The number of benzene rings is 2. The topological polar surface area (TPSA) is 12.4 Å². The van der Waals surface area contributed by atoms with Crippen molar-refractivity contribution in [3.8, 4) is 0 Å². The minimum absolute atomic E-state index is 0.462. The van der Waals surface area contributed by atoms with E-state index in [-0.39, 0.29) is 0 Å². The molecule has 3 saturated carbocycles. The van der Waals surface area contributed by atoms with Crippen LogP contribution in [0.25, 0.3) is 0 Å². The quantitative estimate of drug-likeness (QED) is 0.227. The van der Waals surface area contributed by atoms with Crippen molar-refractivity contribution in [3.05, 3.63) is 65.2 Å². The molecule has 5 rings (SSSR count). The Morgan fingerprint density at radius 1 is 0.800 bits per heavy atom. The molecule has 0 spiro atoms. The van der Waals surface area contributed by atoms with Gasteiger partial charge in [-0.1, -0.05) is 56.2 Å². The van der Waals surface area contributed by atoms with Crippen LogP contribution in [0.2, 0.25) is 0 Å². The summed E-state index contributed by atoms with van der Waals surface area (Å²) in [7, 11) is 0. The lowest BCUT2D eigenvalue weighted by molar-refractivity contribution is 0.0329. The van der Waals surface area contributed by atoms with Crippen LogP contribution in [0.3, 0.4) is 0 Å². The van der Waals surface area contributed by atoms with E-state index in [1.807, 2.05) is 0 Å². The molecule has 0 aromatic heterocycles. The average molecular weight is 418 g/mol. The fourth-order valence-electron chi connectivity index (χ4n) is 5.87. The highest BCUT2D eigenvalue weighted by Crippen LogP contribution is 2.59.